The van der Waals surface area contributed by atoms with Crippen LogP contribution >= 0.6 is 0 Å². The molecule has 0 aliphatic carbocycles. The number of fused-ring (bicyclic) bond motifs is 1. The quantitative estimate of drug-likeness (QED) is 0.721. The first-order valence-corrected chi connectivity index (χ1v) is 7.85. The van der Waals surface area contributed by atoms with Crippen molar-refractivity contribution in [2.24, 2.45) is 0 Å². The molecule has 3 aromatic rings. The van der Waals surface area contributed by atoms with Gasteiger partial charge in [-0.3, -0.25) is 14.3 Å². The summed E-state index contributed by atoms with van der Waals surface area (Å²) in [5, 5.41) is 0. The van der Waals surface area contributed by atoms with Gasteiger partial charge in [0.15, 0.2) is 0 Å². The zero-order valence-electron chi connectivity index (χ0n) is 13.5. The molecule has 4 rings (SSSR count). The lowest BCUT2D eigenvalue weighted by Gasteiger charge is -2.32. The summed E-state index contributed by atoms with van der Waals surface area (Å²) in [4.78, 5) is 23.1. The first kappa shape index (κ1) is 15.3. The molecule has 126 valence electrons. The number of ether oxygens (including phenoxy) is 1. The van der Waals surface area contributed by atoms with Crippen molar-refractivity contribution in [2.75, 3.05) is 11.4 Å². The maximum absolute atomic E-state index is 13.2. The molecule has 1 aliphatic heterocycles. The van der Waals surface area contributed by atoms with Crippen LogP contribution in [0.4, 0.5) is 10.1 Å². The number of imidazole rings is 1. The molecule has 3 heterocycles. The molecule has 0 unspecified atom stereocenters. The number of carbonyl (C=O) groups excluding carboxylic acids is 1. The number of anilines is 1. The van der Waals surface area contributed by atoms with Gasteiger partial charge in [0.2, 0.25) is 5.88 Å². The Balaban J connectivity index is 1.73. The van der Waals surface area contributed by atoms with E-state index in [4.69, 9.17) is 4.74 Å². The van der Waals surface area contributed by atoms with Crippen LogP contribution < -0.4 is 9.64 Å². The fraction of sp³-hybridized carbons (Fsp3) is 0.167. The number of rotatable bonds is 2. The van der Waals surface area contributed by atoms with Gasteiger partial charge in [0.05, 0.1) is 19.1 Å². The number of hydrogen-bond acceptors (Lipinski definition) is 4. The second-order valence-corrected chi connectivity index (χ2v) is 5.80. The van der Waals surface area contributed by atoms with Gasteiger partial charge in [-0.1, -0.05) is 0 Å². The van der Waals surface area contributed by atoms with Gasteiger partial charge in [-0.25, -0.2) is 14.4 Å². The molecule has 1 aromatic carbocycles. The molecule has 1 amide bonds. The number of hydrogen-bond donors (Lipinski definition) is 0. The molecular formula is C18H15FN4O2. The molecule has 6 nitrogen and oxygen atoms in total. The maximum atomic E-state index is 13.2. The van der Waals surface area contributed by atoms with Crippen LogP contribution in [0.3, 0.4) is 0 Å². The minimum atomic E-state index is -0.334. The molecule has 0 saturated carbocycles. The Morgan fingerprint density at radius 2 is 2.08 bits per heavy atom. The summed E-state index contributed by atoms with van der Waals surface area (Å²) in [7, 11) is 0. The number of pyridine rings is 1. The van der Waals surface area contributed by atoms with Gasteiger partial charge in [-0.15, -0.1) is 0 Å². The van der Waals surface area contributed by atoms with E-state index in [1.165, 1.54) is 24.7 Å². The summed E-state index contributed by atoms with van der Waals surface area (Å²) < 4.78 is 20.5. The summed E-state index contributed by atoms with van der Waals surface area (Å²) >= 11 is 0. The third-order valence-corrected chi connectivity index (χ3v) is 4.00. The fourth-order valence-corrected chi connectivity index (χ4v) is 2.85. The molecule has 25 heavy (non-hydrogen) atoms. The van der Waals surface area contributed by atoms with Crippen molar-refractivity contribution in [3.63, 3.8) is 0 Å². The molecule has 7 heteroatoms. The van der Waals surface area contributed by atoms with E-state index in [-0.39, 0.29) is 17.8 Å². The van der Waals surface area contributed by atoms with Gasteiger partial charge in [-0.05, 0) is 43.3 Å². The summed E-state index contributed by atoms with van der Waals surface area (Å²) in [5.41, 5.74) is 1.67. The SMILES string of the molecule is C[C@@H]1CN(C(=O)c2cncn2-c2ccc(F)cc2)c2cccnc2O1. The molecule has 0 fully saturated rings. The van der Waals surface area contributed by atoms with Crippen LogP contribution in [0.25, 0.3) is 5.69 Å². The molecule has 0 N–H and O–H groups in total. The van der Waals surface area contributed by atoms with Gasteiger partial charge < -0.3 is 4.74 Å². The highest BCUT2D eigenvalue weighted by atomic mass is 19.1. The third-order valence-electron chi connectivity index (χ3n) is 4.00. The van der Waals surface area contributed by atoms with E-state index in [0.29, 0.717) is 29.5 Å². The van der Waals surface area contributed by atoms with Gasteiger partial charge in [0, 0.05) is 11.9 Å². The van der Waals surface area contributed by atoms with Gasteiger partial charge in [0.25, 0.3) is 5.91 Å². The van der Waals surface area contributed by atoms with Crippen LogP contribution in [0.2, 0.25) is 0 Å². The van der Waals surface area contributed by atoms with Gasteiger partial charge in [-0.2, -0.15) is 0 Å². The average Bonchev–Trinajstić information content (AvgIpc) is 3.10. The minimum Gasteiger partial charge on any atom is -0.471 e. The van der Waals surface area contributed by atoms with E-state index in [2.05, 4.69) is 9.97 Å². The summed E-state index contributed by atoms with van der Waals surface area (Å²) in [6, 6.07) is 9.45. The summed E-state index contributed by atoms with van der Waals surface area (Å²) in [6.07, 6.45) is 4.49. The first-order valence-electron chi connectivity index (χ1n) is 7.85. The summed E-state index contributed by atoms with van der Waals surface area (Å²) in [6.45, 7) is 2.29. The number of amides is 1. The predicted octanol–water partition coefficient (Wildman–Crippen LogP) is 2.83. The number of halogens is 1. The lowest BCUT2D eigenvalue weighted by Crippen LogP contribution is -2.43. The number of benzene rings is 1. The van der Waals surface area contributed by atoms with E-state index < -0.39 is 0 Å². The Hall–Kier alpha value is -3.22. The molecule has 2 aromatic heterocycles. The fourth-order valence-electron chi connectivity index (χ4n) is 2.85. The number of aromatic nitrogens is 3. The predicted molar refractivity (Wildman–Crippen MR) is 89.5 cm³/mol. The standard InChI is InChI=1S/C18H15FN4O2/c1-12-10-22(15-3-2-8-21-17(15)25-12)18(24)16-9-20-11-23(16)14-6-4-13(19)5-7-14/h2-9,11-12H,10H2,1H3/t12-/m1/s1. The zero-order chi connectivity index (χ0) is 17.4. The smallest absolute Gasteiger partial charge is 0.277 e. The molecule has 1 aliphatic rings. The largest absolute Gasteiger partial charge is 0.471 e. The molecule has 0 radical (unpaired) electrons. The second-order valence-electron chi connectivity index (χ2n) is 5.80. The van der Waals surface area contributed by atoms with Crippen molar-refractivity contribution in [3.05, 3.63) is 66.6 Å². The third kappa shape index (κ3) is 2.73. The number of nitrogens with zero attached hydrogens (tertiary/aromatic N) is 4. The molecule has 0 bridgehead atoms. The first-order chi connectivity index (χ1) is 12.1. The Bertz CT molecular complexity index is 923. The Labute approximate surface area is 143 Å². The van der Waals surface area contributed by atoms with Crippen LogP contribution in [0.15, 0.2) is 55.1 Å². The molecule has 0 saturated heterocycles. The molecule has 1 atom stereocenters. The van der Waals surface area contributed by atoms with E-state index in [0.717, 1.165) is 0 Å². The van der Waals surface area contributed by atoms with Crippen molar-refractivity contribution >= 4 is 11.6 Å². The Kier molecular flexibility index (Phi) is 3.68. The minimum absolute atomic E-state index is 0.173. The topological polar surface area (TPSA) is 60.2 Å². The average molecular weight is 338 g/mol. The highest BCUT2D eigenvalue weighted by molar-refractivity contribution is 6.06. The van der Waals surface area contributed by atoms with E-state index in [9.17, 15) is 9.18 Å². The van der Waals surface area contributed by atoms with Gasteiger partial charge in [0.1, 0.15) is 23.3 Å². The monoisotopic (exact) mass is 338 g/mol. The van der Waals surface area contributed by atoms with Crippen LogP contribution in [0.1, 0.15) is 17.4 Å². The van der Waals surface area contributed by atoms with Crippen molar-refractivity contribution in [1.82, 2.24) is 14.5 Å². The van der Waals surface area contributed by atoms with Crippen molar-refractivity contribution in [1.29, 1.82) is 0 Å². The highest BCUT2D eigenvalue weighted by Gasteiger charge is 2.30. The Morgan fingerprint density at radius 1 is 1.28 bits per heavy atom. The molecule has 0 spiro atoms. The van der Waals surface area contributed by atoms with Crippen LogP contribution in [0, 0.1) is 5.82 Å². The Morgan fingerprint density at radius 3 is 2.88 bits per heavy atom. The van der Waals surface area contributed by atoms with Gasteiger partial charge >= 0.3 is 0 Å². The zero-order valence-corrected chi connectivity index (χ0v) is 13.5. The van der Waals surface area contributed by atoms with Crippen molar-refractivity contribution in [3.8, 4) is 11.6 Å². The van der Waals surface area contributed by atoms with E-state index in [1.807, 2.05) is 6.92 Å². The molecular weight excluding hydrogens is 323 g/mol. The summed E-state index contributed by atoms with van der Waals surface area (Å²) in [5.74, 6) is -0.118. The lowest BCUT2D eigenvalue weighted by molar-refractivity contribution is 0.0952. The van der Waals surface area contributed by atoms with E-state index in [1.54, 1.807) is 39.9 Å². The van der Waals surface area contributed by atoms with Crippen LogP contribution in [-0.2, 0) is 0 Å². The van der Waals surface area contributed by atoms with Crippen LogP contribution in [-0.4, -0.2) is 33.1 Å². The van der Waals surface area contributed by atoms with Crippen LogP contribution in [0.5, 0.6) is 5.88 Å². The normalized spacial score (nSPS) is 16.2. The number of carbonyl (C=O) groups is 1. The lowest BCUT2D eigenvalue weighted by atomic mass is 10.2. The maximum Gasteiger partial charge on any atom is 0.277 e. The van der Waals surface area contributed by atoms with Crippen molar-refractivity contribution < 1.29 is 13.9 Å². The van der Waals surface area contributed by atoms with Crippen molar-refractivity contribution in [2.45, 2.75) is 13.0 Å². The second kappa shape index (κ2) is 6.01. The highest BCUT2D eigenvalue weighted by Crippen LogP contribution is 2.32. The van der Waals surface area contributed by atoms with E-state index >= 15 is 0 Å².